The van der Waals surface area contributed by atoms with Crippen molar-refractivity contribution >= 4 is 27.7 Å². The van der Waals surface area contributed by atoms with E-state index < -0.39 is 10.0 Å². The maximum atomic E-state index is 12.6. The van der Waals surface area contributed by atoms with Crippen LogP contribution in [0.5, 0.6) is 0 Å². The number of benzene rings is 1. The smallest absolute Gasteiger partial charge is 0.268 e. The fourth-order valence-electron chi connectivity index (χ4n) is 2.57. The lowest BCUT2D eigenvalue weighted by Gasteiger charge is -2.24. The van der Waals surface area contributed by atoms with Gasteiger partial charge in [-0.3, -0.25) is 4.79 Å². The summed E-state index contributed by atoms with van der Waals surface area (Å²) < 4.78 is 26.7. The molecule has 0 radical (unpaired) electrons. The molecule has 1 aliphatic heterocycles. The van der Waals surface area contributed by atoms with Gasteiger partial charge < -0.3 is 10.3 Å². The number of aryl methyl sites for hydroxylation is 1. The Morgan fingerprint density at radius 3 is 2.60 bits per heavy atom. The maximum Gasteiger partial charge on any atom is 0.268 e. The molecule has 2 N–H and O–H groups in total. The van der Waals surface area contributed by atoms with Crippen LogP contribution >= 0.6 is 11.8 Å². The predicted molar refractivity (Wildman–Crippen MR) is 99.2 cm³/mol. The molecule has 1 fully saturated rings. The molecule has 6 nitrogen and oxygen atoms in total. The zero-order chi connectivity index (χ0) is 17.9. The van der Waals surface area contributed by atoms with Gasteiger partial charge >= 0.3 is 0 Å². The van der Waals surface area contributed by atoms with Gasteiger partial charge in [0.05, 0.1) is 0 Å². The van der Waals surface area contributed by atoms with Crippen LogP contribution in [0.3, 0.4) is 0 Å². The fraction of sp³-hybridized carbons (Fsp3) is 0.353. The predicted octanol–water partition coefficient (Wildman–Crippen LogP) is 1.99. The average molecular weight is 380 g/mol. The van der Waals surface area contributed by atoms with Gasteiger partial charge in [0.25, 0.3) is 5.91 Å². The lowest BCUT2D eigenvalue weighted by atomic mass is 10.1. The Morgan fingerprint density at radius 1 is 1.24 bits per heavy atom. The summed E-state index contributed by atoms with van der Waals surface area (Å²) in [6.45, 7) is 3.41. The molecule has 1 aliphatic rings. The van der Waals surface area contributed by atoms with Crippen LogP contribution in [0.2, 0.25) is 0 Å². The van der Waals surface area contributed by atoms with E-state index in [0.717, 1.165) is 22.6 Å². The minimum atomic E-state index is -3.54. The number of carbonyl (C=O) groups excluding carboxylic acids is 1. The molecule has 1 saturated heterocycles. The average Bonchev–Trinajstić information content (AvgIpc) is 3.13. The number of sulfonamides is 1. The molecule has 1 aromatic heterocycles. The van der Waals surface area contributed by atoms with E-state index in [9.17, 15) is 13.2 Å². The van der Waals surface area contributed by atoms with Crippen LogP contribution in [-0.4, -0.2) is 48.2 Å². The SMILES string of the molecule is Cc1ccc(CNC(=O)c2cc(S(=O)(=O)N3CCSCC3)c[nH]2)cc1. The molecule has 0 aliphatic carbocycles. The van der Waals surface area contributed by atoms with E-state index in [1.54, 1.807) is 11.8 Å². The molecule has 134 valence electrons. The zero-order valence-corrected chi connectivity index (χ0v) is 15.6. The van der Waals surface area contributed by atoms with Crippen molar-refractivity contribution < 1.29 is 13.2 Å². The van der Waals surface area contributed by atoms with E-state index in [4.69, 9.17) is 0 Å². The molecule has 1 amide bonds. The van der Waals surface area contributed by atoms with Crippen molar-refractivity contribution in [2.75, 3.05) is 24.6 Å². The number of amides is 1. The molecule has 0 unspecified atom stereocenters. The molecule has 0 bridgehead atoms. The van der Waals surface area contributed by atoms with Gasteiger partial charge in [-0.1, -0.05) is 29.8 Å². The number of rotatable bonds is 5. The van der Waals surface area contributed by atoms with Crippen LogP contribution < -0.4 is 5.32 Å². The van der Waals surface area contributed by atoms with Gasteiger partial charge in [-0.05, 0) is 18.6 Å². The second-order valence-electron chi connectivity index (χ2n) is 5.93. The molecule has 8 heteroatoms. The molecule has 1 aromatic carbocycles. The van der Waals surface area contributed by atoms with Crippen molar-refractivity contribution in [1.29, 1.82) is 0 Å². The Balaban J connectivity index is 1.65. The number of aromatic nitrogens is 1. The Bertz CT molecular complexity index is 838. The van der Waals surface area contributed by atoms with Gasteiger partial charge in [-0.2, -0.15) is 16.1 Å². The number of aromatic amines is 1. The van der Waals surface area contributed by atoms with E-state index in [-0.39, 0.29) is 16.5 Å². The van der Waals surface area contributed by atoms with Crippen LogP contribution in [-0.2, 0) is 16.6 Å². The van der Waals surface area contributed by atoms with Crippen molar-refractivity contribution in [2.24, 2.45) is 0 Å². The number of H-pyrrole nitrogens is 1. The summed E-state index contributed by atoms with van der Waals surface area (Å²) in [5, 5.41) is 2.80. The molecular weight excluding hydrogens is 358 g/mol. The van der Waals surface area contributed by atoms with Crippen LogP contribution in [0.15, 0.2) is 41.4 Å². The molecule has 25 heavy (non-hydrogen) atoms. The summed E-state index contributed by atoms with van der Waals surface area (Å²) in [6.07, 6.45) is 1.39. The first kappa shape index (κ1) is 18.0. The van der Waals surface area contributed by atoms with Crippen molar-refractivity contribution in [2.45, 2.75) is 18.4 Å². The van der Waals surface area contributed by atoms with Crippen molar-refractivity contribution in [3.8, 4) is 0 Å². The highest BCUT2D eigenvalue weighted by molar-refractivity contribution is 7.99. The van der Waals surface area contributed by atoms with E-state index in [2.05, 4.69) is 10.3 Å². The first-order valence-corrected chi connectivity index (χ1v) is 10.7. The highest BCUT2D eigenvalue weighted by Crippen LogP contribution is 2.20. The van der Waals surface area contributed by atoms with Crippen molar-refractivity contribution in [3.05, 3.63) is 53.3 Å². The minimum absolute atomic E-state index is 0.139. The van der Waals surface area contributed by atoms with Crippen LogP contribution in [0.4, 0.5) is 0 Å². The minimum Gasteiger partial charge on any atom is -0.356 e. The third kappa shape index (κ3) is 4.26. The van der Waals surface area contributed by atoms with Crippen LogP contribution in [0.25, 0.3) is 0 Å². The van der Waals surface area contributed by atoms with Crippen LogP contribution in [0, 0.1) is 6.92 Å². The molecule has 0 saturated carbocycles. The number of hydrogen-bond donors (Lipinski definition) is 2. The third-order valence-electron chi connectivity index (χ3n) is 4.08. The molecule has 2 aromatic rings. The summed E-state index contributed by atoms with van der Waals surface area (Å²) in [7, 11) is -3.54. The summed E-state index contributed by atoms with van der Waals surface area (Å²) in [5.41, 5.74) is 2.40. The van der Waals surface area contributed by atoms with Crippen molar-refractivity contribution in [1.82, 2.24) is 14.6 Å². The number of carbonyl (C=O) groups is 1. The Morgan fingerprint density at radius 2 is 1.92 bits per heavy atom. The summed E-state index contributed by atoms with van der Waals surface area (Å²) in [6, 6.07) is 9.28. The Kier molecular flexibility index (Phi) is 5.51. The molecule has 2 heterocycles. The fourth-order valence-corrected chi connectivity index (χ4v) is 5.14. The van der Waals surface area contributed by atoms with Gasteiger partial charge in [0.2, 0.25) is 10.0 Å². The quantitative estimate of drug-likeness (QED) is 0.832. The highest BCUT2D eigenvalue weighted by atomic mass is 32.2. The van der Waals surface area contributed by atoms with Gasteiger partial charge in [-0.25, -0.2) is 8.42 Å². The first-order chi connectivity index (χ1) is 12.0. The molecule has 3 rings (SSSR count). The second kappa shape index (κ2) is 7.63. The number of nitrogens with zero attached hydrogens (tertiary/aromatic N) is 1. The van der Waals surface area contributed by atoms with E-state index in [1.807, 2.05) is 31.2 Å². The topological polar surface area (TPSA) is 82.3 Å². The normalized spacial score (nSPS) is 15.9. The summed E-state index contributed by atoms with van der Waals surface area (Å²) in [5.74, 6) is 1.28. The van der Waals surface area contributed by atoms with E-state index in [1.165, 1.54) is 16.6 Å². The number of hydrogen-bond acceptors (Lipinski definition) is 4. The number of thioether (sulfide) groups is 1. The molecule has 0 atom stereocenters. The molecule has 0 spiro atoms. The van der Waals surface area contributed by atoms with Crippen LogP contribution in [0.1, 0.15) is 21.6 Å². The number of nitrogens with one attached hydrogen (secondary N) is 2. The van der Waals surface area contributed by atoms with E-state index >= 15 is 0 Å². The van der Waals surface area contributed by atoms with Gasteiger partial charge in [0, 0.05) is 37.3 Å². The van der Waals surface area contributed by atoms with Gasteiger partial charge in [0.1, 0.15) is 10.6 Å². The summed E-state index contributed by atoms with van der Waals surface area (Å²) >= 11 is 1.75. The second-order valence-corrected chi connectivity index (χ2v) is 9.10. The maximum absolute atomic E-state index is 12.6. The standard InChI is InChI=1S/C17H21N3O3S2/c1-13-2-4-14(5-3-13)11-19-17(21)16-10-15(12-18-16)25(22,23)20-6-8-24-9-7-20/h2-5,10,12,18H,6-9,11H2,1H3,(H,19,21). The monoisotopic (exact) mass is 379 g/mol. The third-order valence-corrected chi connectivity index (χ3v) is 6.90. The summed E-state index contributed by atoms with van der Waals surface area (Å²) in [4.78, 5) is 15.2. The lowest BCUT2D eigenvalue weighted by Crippen LogP contribution is -2.37. The van der Waals surface area contributed by atoms with Gasteiger partial charge in [-0.15, -0.1) is 0 Å². The lowest BCUT2D eigenvalue weighted by molar-refractivity contribution is 0.0946. The van der Waals surface area contributed by atoms with E-state index in [0.29, 0.717) is 19.6 Å². The largest absolute Gasteiger partial charge is 0.356 e. The Hall–Kier alpha value is -1.77. The molecular formula is C17H21N3O3S2. The van der Waals surface area contributed by atoms with Gasteiger partial charge in [0.15, 0.2) is 0 Å². The first-order valence-electron chi connectivity index (χ1n) is 8.07. The van der Waals surface area contributed by atoms with Crippen molar-refractivity contribution in [3.63, 3.8) is 0 Å². The highest BCUT2D eigenvalue weighted by Gasteiger charge is 2.27. The Labute approximate surface area is 152 Å². The zero-order valence-electron chi connectivity index (χ0n) is 14.0.